The van der Waals surface area contributed by atoms with Crippen molar-refractivity contribution in [1.29, 1.82) is 0 Å². The minimum atomic E-state index is 0.597. The maximum atomic E-state index is 5.36. The summed E-state index contributed by atoms with van der Waals surface area (Å²) < 4.78 is 5.36. The second-order valence-electron chi connectivity index (χ2n) is 5.11. The van der Waals surface area contributed by atoms with Gasteiger partial charge in [-0.25, -0.2) is 9.97 Å². The Morgan fingerprint density at radius 1 is 1.00 bits per heavy atom. The molecule has 0 aromatic carbocycles. The molecule has 0 aliphatic carbocycles. The number of H-pyrrole nitrogens is 1. The fourth-order valence-electron chi connectivity index (χ4n) is 2.42. The van der Waals surface area contributed by atoms with Gasteiger partial charge in [-0.2, -0.15) is 5.10 Å². The number of nitrogens with zero attached hydrogens (tertiary/aromatic N) is 6. The highest BCUT2D eigenvalue weighted by atomic mass is 16.5. The van der Waals surface area contributed by atoms with Crippen molar-refractivity contribution in [2.75, 3.05) is 31.2 Å². The van der Waals surface area contributed by atoms with Gasteiger partial charge in [0.2, 0.25) is 0 Å². The minimum absolute atomic E-state index is 0.597. The molecule has 0 saturated carbocycles. The van der Waals surface area contributed by atoms with E-state index in [1.807, 2.05) is 12.1 Å². The number of pyridine rings is 1. The van der Waals surface area contributed by atoms with Gasteiger partial charge in [-0.15, -0.1) is 0 Å². The van der Waals surface area contributed by atoms with Gasteiger partial charge in [0.15, 0.2) is 11.6 Å². The van der Waals surface area contributed by atoms with Crippen molar-refractivity contribution in [1.82, 2.24) is 30.1 Å². The van der Waals surface area contributed by atoms with E-state index >= 15 is 0 Å². The monoisotopic (exact) mass is 309 g/mol. The number of hydrogen-bond donors (Lipinski definition) is 1. The van der Waals surface area contributed by atoms with E-state index in [1.165, 1.54) is 0 Å². The summed E-state index contributed by atoms with van der Waals surface area (Å²) in [4.78, 5) is 19.6. The molecule has 0 unspecified atom stereocenters. The second-order valence-corrected chi connectivity index (χ2v) is 5.11. The van der Waals surface area contributed by atoms with E-state index in [4.69, 9.17) is 4.74 Å². The molecule has 0 radical (unpaired) electrons. The molecule has 3 aromatic heterocycles. The van der Waals surface area contributed by atoms with Gasteiger partial charge in [0.1, 0.15) is 11.5 Å². The van der Waals surface area contributed by atoms with Gasteiger partial charge < -0.3 is 9.64 Å². The van der Waals surface area contributed by atoms with Crippen molar-refractivity contribution >= 4 is 5.82 Å². The van der Waals surface area contributed by atoms with Crippen LogP contribution in [0.2, 0.25) is 0 Å². The maximum absolute atomic E-state index is 5.36. The first-order valence-corrected chi connectivity index (χ1v) is 7.38. The maximum Gasteiger partial charge on any atom is 0.181 e. The zero-order valence-corrected chi connectivity index (χ0v) is 12.4. The van der Waals surface area contributed by atoms with Gasteiger partial charge in [0.25, 0.3) is 0 Å². The quantitative estimate of drug-likeness (QED) is 0.776. The smallest absolute Gasteiger partial charge is 0.181 e. The van der Waals surface area contributed by atoms with E-state index in [0.29, 0.717) is 30.6 Å². The van der Waals surface area contributed by atoms with Crippen molar-refractivity contribution in [3.05, 3.63) is 36.9 Å². The van der Waals surface area contributed by atoms with E-state index in [-0.39, 0.29) is 0 Å². The Morgan fingerprint density at radius 3 is 2.65 bits per heavy atom. The van der Waals surface area contributed by atoms with E-state index in [9.17, 15) is 0 Å². The second kappa shape index (κ2) is 6.09. The molecule has 1 aliphatic rings. The topological polar surface area (TPSA) is 92.7 Å². The third kappa shape index (κ3) is 2.88. The number of hydrogen-bond acceptors (Lipinski definition) is 7. The van der Waals surface area contributed by atoms with E-state index in [1.54, 1.807) is 24.8 Å². The number of morpholine rings is 1. The summed E-state index contributed by atoms with van der Waals surface area (Å²) in [5.41, 5.74) is 1.57. The van der Waals surface area contributed by atoms with Crippen LogP contribution < -0.4 is 4.90 Å². The van der Waals surface area contributed by atoms with Crippen LogP contribution in [0.1, 0.15) is 0 Å². The van der Waals surface area contributed by atoms with Crippen LogP contribution in [0.15, 0.2) is 36.9 Å². The number of nitrogens with one attached hydrogen (secondary N) is 1. The Kier molecular flexibility index (Phi) is 3.65. The van der Waals surface area contributed by atoms with E-state index in [0.717, 1.165) is 24.5 Å². The zero-order chi connectivity index (χ0) is 15.5. The van der Waals surface area contributed by atoms with Gasteiger partial charge in [0.05, 0.1) is 25.6 Å². The molecule has 1 saturated heterocycles. The van der Waals surface area contributed by atoms with Gasteiger partial charge in [-0.3, -0.25) is 15.1 Å². The lowest BCUT2D eigenvalue weighted by Gasteiger charge is -2.27. The van der Waals surface area contributed by atoms with Crippen LogP contribution in [0.3, 0.4) is 0 Å². The number of aromatic amines is 1. The Hall–Kier alpha value is -2.87. The summed E-state index contributed by atoms with van der Waals surface area (Å²) in [5.74, 6) is 2.04. The lowest BCUT2D eigenvalue weighted by molar-refractivity contribution is 0.122. The molecule has 1 aliphatic heterocycles. The Balaban J connectivity index is 1.62. The summed E-state index contributed by atoms with van der Waals surface area (Å²) >= 11 is 0. The summed E-state index contributed by atoms with van der Waals surface area (Å²) in [5, 5.41) is 7.16. The summed E-state index contributed by atoms with van der Waals surface area (Å²) in [7, 11) is 0. The molecule has 4 rings (SSSR count). The molecule has 0 spiro atoms. The molecule has 1 N–H and O–H groups in total. The van der Waals surface area contributed by atoms with Gasteiger partial charge in [-0.1, -0.05) is 0 Å². The van der Waals surface area contributed by atoms with Crippen LogP contribution in [0, 0.1) is 0 Å². The number of anilines is 1. The molecule has 0 amide bonds. The minimum Gasteiger partial charge on any atom is -0.378 e. The zero-order valence-electron chi connectivity index (χ0n) is 12.4. The molecular weight excluding hydrogens is 294 g/mol. The number of ether oxygens (including phenoxy) is 1. The standard InChI is InChI=1S/C15H15N7O/c1-3-16-4-2-11(1)14-19-15(21-20-14)12-9-17-10-13(18-12)22-5-7-23-8-6-22/h1-4,9-10H,5-8H2,(H,19,20,21). The molecular formula is C15H15N7O. The predicted octanol–water partition coefficient (Wildman–Crippen LogP) is 1.16. The highest BCUT2D eigenvalue weighted by Gasteiger charge is 2.15. The normalized spacial score (nSPS) is 14.9. The lowest BCUT2D eigenvalue weighted by atomic mass is 10.2. The van der Waals surface area contributed by atoms with E-state index in [2.05, 4.69) is 35.0 Å². The molecule has 8 nitrogen and oxygen atoms in total. The Bertz CT molecular complexity index is 783. The van der Waals surface area contributed by atoms with Gasteiger partial charge in [0, 0.05) is 31.0 Å². The number of rotatable bonds is 3. The molecule has 1 fully saturated rings. The Morgan fingerprint density at radius 2 is 1.83 bits per heavy atom. The highest BCUT2D eigenvalue weighted by Crippen LogP contribution is 2.20. The van der Waals surface area contributed by atoms with E-state index < -0.39 is 0 Å². The molecule has 3 aromatic rings. The van der Waals surface area contributed by atoms with Crippen LogP contribution in [0.5, 0.6) is 0 Å². The molecule has 116 valence electrons. The average Bonchev–Trinajstić information content (AvgIpc) is 3.14. The van der Waals surface area contributed by atoms with Crippen LogP contribution in [-0.4, -0.2) is 56.4 Å². The molecule has 0 bridgehead atoms. The third-order valence-electron chi connectivity index (χ3n) is 3.62. The van der Waals surface area contributed by atoms with Crippen molar-refractivity contribution in [3.8, 4) is 22.9 Å². The highest BCUT2D eigenvalue weighted by molar-refractivity contribution is 5.59. The first-order chi connectivity index (χ1) is 11.4. The van der Waals surface area contributed by atoms with Gasteiger partial charge in [-0.05, 0) is 12.1 Å². The van der Waals surface area contributed by atoms with Gasteiger partial charge >= 0.3 is 0 Å². The van der Waals surface area contributed by atoms with Crippen molar-refractivity contribution in [3.63, 3.8) is 0 Å². The third-order valence-corrected chi connectivity index (χ3v) is 3.62. The fourth-order valence-corrected chi connectivity index (χ4v) is 2.42. The lowest BCUT2D eigenvalue weighted by Crippen LogP contribution is -2.36. The molecule has 0 atom stereocenters. The first-order valence-electron chi connectivity index (χ1n) is 7.38. The SMILES string of the molecule is c1cc(-c2n[nH]c(-c3cncc(N4CCOCC4)n3)n2)ccn1. The van der Waals surface area contributed by atoms with Crippen molar-refractivity contribution in [2.24, 2.45) is 0 Å². The average molecular weight is 309 g/mol. The predicted molar refractivity (Wildman–Crippen MR) is 83.7 cm³/mol. The van der Waals surface area contributed by atoms with Crippen LogP contribution in [-0.2, 0) is 4.74 Å². The molecule has 23 heavy (non-hydrogen) atoms. The fraction of sp³-hybridized carbons (Fsp3) is 0.267. The number of aromatic nitrogens is 6. The molecule has 8 heteroatoms. The van der Waals surface area contributed by atoms with Crippen molar-refractivity contribution in [2.45, 2.75) is 0 Å². The summed E-state index contributed by atoms with van der Waals surface area (Å²) in [6.45, 7) is 3.05. The van der Waals surface area contributed by atoms with Crippen molar-refractivity contribution < 1.29 is 4.74 Å². The largest absolute Gasteiger partial charge is 0.378 e. The Labute approximate surface area is 132 Å². The van der Waals surface area contributed by atoms with Crippen LogP contribution in [0.4, 0.5) is 5.82 Å². The van der Waals surface area contributed by atoms with Crippen LogP contribution >= 0.6 is 0 Å². The summed E-state index contributed by atoms with van der Waals surface area (Å²) in [6.07, 6.45) is 6.87. The summed E-state index contributed by atoms with van der Waals surface area (Å²) in [6, 6.07) is 3.73. The van der Waals surface area contributed by atoms with Crippen LogP contribution in [0.25, 0.3) is 22.9 Å². The first kappa shape index (κ1) is 13.8. The molecule has 4 heterocycles.